The molecule has 3 aromatic rings. The number of hydrogen-bond acceptors (Lipinski definition) is 10. The van der Waals surface area contributed by atoms with Crippen molar-refractivity contribution in [1.82, 2.24) is 19.8 Å². The van der Waals surface area contributed by atoms with E-state index < -0.39 is 12.7 Å². The Balaban J connectivity index is 1.22. The highest BCUT2D eigenvalue weighted by atomic mass is 35.5. The van der Waals surface area contributed by atoms with Gasteiger partial charge in [-0.2, -0.15) is 4.98 Å². The topological polar surface area (TPSA) is 112 Å². The number of rotatable bonds is 8. The third-order valence-electron chi connectivity index (χ3n) is 8.28. The number of piperidine rings is 1. The molecular weight excluding hydrogens is 660 g/mol. The van der Waals surface area contributed by atoms with Crippen LogP contribution in [0.4, 0.5) is 33.6 Å². The minimum atomic E-state index is -2.55. The maximum atomic E-state index is 12.9. The number of carbonyl (C=O) groups excluding carboxylic acids is 1. The Morgan fingerprint density at radius 3 is 2.28 bits per heavy atom. The number of halogens is 2. The van der Waals surface area contributed by atoms with Crippen LogP contribution in [0.25, 0.3) is 0 Å². The summed E-state index contributed by atoms with van der Waals surface area (Å²) in [4.78, 5) is 28.0. The minimum absolute atomic E-state index is 0.236. The Bertz CT molecular complexity index is 1630. The minimum Gasteiger partial charge on any atom is -0.494 e. The van der Waals surface area contributed by atoms with E-state index in [0.29, 0.717) is 63.4 Å². The fourth-order valence-electron chi connectivity index (χ4n) is 5.93. The number of hydrogen-bond donors (Lipinski definition) is 2. The zero-order chi connectivity index (χ0) is 33.9. The first-order chi connectivity index (χ1) is 22.2. The van der Waals surface area contributed by atoms with Crippen LogP contribution in [0.3, 0.4) is 0 Å². The smallest absolute Gasteiger partial charge is 0.410 e. The Morgan fingerprint density at radius 1 is 0.957 bits per heavy atom. The lowest BCUT2D eigenvalue weighted by Crippen LogP contribution is -2.55. The Kier molecular flexibility index (Phi) is 10.8. The summed E-state index contributed by atoms with van der Waals surface area (Å²) < 4.78 is 24.2. The molecule has 0 spiro atoms. The monoisotopic (exact) mass is 703 g/mol. The van der Waals surface area contributed by atoms with Crippen molar-refractivity contribution in [3.8, 4) is 5.75 Å². The summed E-state index contributed by atoms with van der Waals surface area (Å²) in [5, 5.41) is 8.05. The van der Waals surface area contributed by atoms with Crippen LogP contribution < -0.4 is 25.6 Å². The van der Waals surface area contributed by atoms with Gasteiger partial charge < -0.3 is 34.5 Å². The fourth-order valence-corrected chi connectivity index (χ4v) is 7.51. The van der Waals surface area contributed by atoms with E-state index in [1.54, 1.807) is 25.3 Å². The summed E-state index contributed by atoms with van der Waals surface area (Å²) in [6.07, 6.45) is 3.26. The van der Waals surface area contributed by atoms with Gasteiger partial charge in [0.25, 0.3) is 0 Å². The first-order valence-electron chi connectivity index (χ1n) is 15.8. The van der Waals surface area contributed by atoms with Crippen molar-refractivity contribution in [1.29, 1.82) is 0 Å². The molecule has 254 valence electrons. The Morgan fingerprint density at radius 2 is 1.64 bits per heavy atom. The fraction of sp³-hybridized carbons (Fsp3) is 0.485. The van der Waals surface area contributed by atoms with Crippen molar-refractivity contribution in [2.75, 3.05) is 75.2 Å². The number of benzene rings is 2. The highest BCUT2D eigenvalue weighted by Gasteiger charge is 2.31. The van der Waals surface area contributed by atoms with Crippen LogP contribution in [-0.4, -0.2) is 97.2 Å². The molecule has 2 saturated heterocycles. The second kappa shape index (κ2) is 14.5. The van der Waals surface area contributed by atoms with Crippen LogP contribution in [0.5, 0.6) is 5.75 Å². The van der Waals surface area contributed by atoms with Gasteiger partial charge in [-0.3, -0.25) is 4.90 Å². The maximum Gasteiger partial charge on any atom is 0.410 e. The molecule has 0 bridgehead atoms. The zero-order valence-corrected chi connectivity index (χ0v) is 30.3. The van der Waals surface area contributed by atoms with E-state index in [0.717, 1.165) is 44.7 Å². The largest absolute Gasteiger partial charge is 0.494 e. The van der Waals surface area contributed by atoms with E-state index in [1.807, 2.05) is 57.2 Å². The molecule has 5 rings (SSSR count). The van der Waals surface area contributed by atoms with Crippen molar-refractivity contribution in [3.05, 3.63) is 52.6 Å². The molecule has 3 heterocycles. The lowest BCUT2D eigenvalue weighted by molar-refractivity contribution is 0.00902. The maximum absolute atomic E-state index is 12.9. The number of amides is 1. The molecule has 14 heteroatoms. The molecule has 1 amide bonds. The molecule has 0 atom stereocenters. The van der Waals surface area contributed by atoms with Crippen molar-refractivity contribution in [2.24, 2.45) is 0 Å². The van der Waals surface area contributed by atoms with Gasteiger partial charge in [0.15, 0.2) is 5.82 Å². The van der Waals surface area contributed by atoms with E-state index in [1.165, 1.54) is 6.20 Å². The molecule has 2 fully saturated rings. The molecule has 1 aromatic heterocycles. The predicted molar refractivity (Wildman–Crippen MR) is 192 cm³/mol. The lowest BCUT2D eigenvalue weighted by atomic mass is 10.0. The van der Waals surface area contributed by atoms with Crippen molar-refractivity contribution >= 4 is 70.6 Å². The van der Waals surface area contributed by atoms with Crippen LogP contribution in [0.15, 0.2) is 42.6 Å². The SMILES string of the molecule is COc1cc(N2CCC(N3CCN(C(=O)OC(C)(C)C)CC3)CC2)c(Cl)cc1Nc1ncc(Cl)c(Nc2ccccc2P(C)(C)=O)n1. The molecule has 2 N–H and O–H groups in total. The van der Waals surface area contributed by atoms with E-state index >= 15 is 0 Å². The lowest BCUT2D eigenvalue weighted by Gasteiger charge is -2.43. The molecule has 2 aliphatic heterocycles. The number of methoxy groups -OCH3 is 1. The summed E-state index contributed by atoms with van der Waals surface area (Å²) in [5.74, 6) is 1.27. The summed E-state index contributed by atoms with van der Waals surface area (Å²) in [6.45, 7) is 13.9. The summed E-state index contributed by atoms with van der Waals surface area (Å²) >= 11 is 13.3. The molecular formula is C33H44Cl2N7O4P. The van der Waals surface area contributed by atoms with Gasteiger partial charge in [0.05, 0.1) is 35.4 Å². The average Bonchev–Trinajstić information content (AvgIpc) is 3.02. The summed E-state index contributed by atoms with van der Waals surface area (Å²) in [6, 6.07) is 11.6. The van der Waals surface area contributed by atoms with Gasteiger partial charge in [0.2, 0.25) is 5.95 Å². The molecule has 2 aliphatic rings. The van der Waals surface area contributed by atoms with Gasteiger partial charge in [0.1, 0.15) is 23.5 Å². The molecule has 0 unspecified atom stereocenters. The van der Waals surface area contributed by atoms with Gasteiger partial charge in [-0.05, 0) is 65.1 Å². The third-order valence-corrected chi connectivity index (χ3v) is 10.4. The average molecular weight is 705 g/mol. The highest BCUT2D eigenvalue weighted by molar-refractivity contribution is 7.70. The van der Waals surface area contributed by atoms with Crippen LogP contribution in [0.2, 0.25) is 10.0 Å². The summed E-state index contributed by atoms with van der Waals surface area (Å²) in [5.41, 5.74) is 1.69. The molecule has 0 saturated carbocycles. The van der Waals surface area contributed by atoms with Gasteiger partial charge >= 0.3 is 6.09 Å². The number of ether oxygens (including phenoxy) is 2. The van der Waals surface area contributed by atoms with Crippen LogP contribution in [0.1, 0.15) is 33.6 Å². The number of nitrogens with zero attached hydrogens (tertiary/aromatic N) is 5. The number of piperazine rings is 1. The van der Waals surface area contributed by atoms with E-state index in [9.17, 15) is 9.36 Å². The van der Waals surface area contributed by atoms with E-state index in [4.69, 9.17) is 32.7 Å². The standard InChI is InChI=1S/C33H44Cl2N7O4P/c1-33(2,3)46-32(43)42-17-15-40(16-18-42)22-11-13-41(14-12-22)27-20-28(45-4)26(19-23(27)34)38-31-36-21-24(35)30(39-31)37-25-9-7-8-10-29(25)47(5,6)44/h7-10,19-22H,11-18H2,1-6H3,(H2,36,37,38,39). The first-order valence-corrected chi connectivity index (χ1v) is 19.1. The second-order valence-corrected chi connectivity index (χ2v) is 17.2. The first kappa shape index (κ1) is 35.1. The van der Waals surface area contributed by atoms with E-state index in [2.05, 4.69) is 30.4 Å². The number of para-hydroxylation sites is 1. The number of aromatic nitrogens is 2. The predicted octanol–water partition coefficient (Wildman–Crippen LogP) is 7.05. The van der Waals surface area contributed by atoms with Crippen molar-refractivity contribution in [2.45, 2.75) is 45.3 Å². The Labute approximate surface area is 287 Å². The van der Waals surface area contributed by atoms with Crippen LogP contribution >= 0.6 is 30.3 Å². The molecule has 0 aliphatic carbocycles. The molecule has 0 radical (unpaired) electrons. The van der Waals surface area contributed by atoms with Crippen molar-refractivity contribution in [3.63, 3.8) is 0 Å². The zero-order valence-electron chi connectivity index (χ0n) is 27.8. The van der Waals surface area contributed by atoms with E-state index in [-0.39, 0.29) is 6.09 Å². The molecule has 47 heavy (non-hydrogen) atoms. The molecule has 11 nitrogen and oxygen atoms in total. The van der Waals surface area contributed by atoms with Gasteiger partial charge in [-0.15, -0.1) is 0 Å². The molecule has 2 aromatic carbocycles. The Hall–Kier alpha value is -3.24. The van der Waals surface area contributed by atoms with Crippen LogP contribution in [0, 0.1) is 0 Å². The second-order valence-electron chi connectivity index (χ2n) is 13.2. The number of carbonyl (C=O) groups is 1. The van der Waals surface area contributed by atoms with Gasteiger partial charge in [0, 0.05) is 56.7 Å². The van der Waals surface area contributed by atoms with Gasteiger partial charge in [-0.1, -0.05) is 35.3 Å². The normalized spacial score (nSPS) is 16.6. The summed E-state index contributed by atoms with van der Waals surface area (Å²) in [7, 11) is -0.936. The third kappa shape index (κ3) is 8.82. The highest BCUT2D eigenvalue weighted by Crippen LogP contribution is 2.40. The quantitative estimate of drug-likeness (QED) is 0.237. The number of anilines is 5. The van der Waals surface area contributed by atoms with Gasteiger partial charge in [-0.25, -0.2) is 9.78 Å². The number of nitrogens with one attached hydrogen (secondary N) is 2. The van der Waals surface area contributed by atoms with Crippen molar-refractivity contribution < 1.29 is 18.8 Å². The van der Waals surface area contributed by atoms with Crippen LogP contribution in [-0.2, 0) is 9.30 Å².